The second-order valence-electron chi connectivity index (χ2n) is 6.74. The summed E-state index contributed by atoms with van der Waals surface area (Å²) in [4.78, 5) is 12.5. The molecule has 7 nitrogen and oxygen atoms in total. The molecule has 0 radical (unpaired) electrons. The maximum absolute atomic E-state index is 12.5. The summed E-state index contributed by atoms with van der Waals surface area (Å²) in [5.41, 5.74) is 3.05. The Bertz CT molecular complexity index is 1120. The second kappa shape index (κ2) is 8.15. The van der Waals surface area contributed by atoms with Crippen LogP contribution in [0, 0.1) is 11.3 Å². The summed E-state index contributed by atoms with van der Waals surface area (Å²) in [7, 11) is 1.57. The van der Waals surface area contributed by atoms with Gasteiger partial charge in [-0.2, -0.15) is 10.3 Å². The number of fused-ring (bicyclic) bond motifs is 1. The number of hydroxylamine groups is 2. The fourth-order valence-corrected chi connectivity index (χ4v) is 3.34. The van der Waals surface area contributed by atoms with Gasteiger partial charge in [0.15, 0.2) is 6.17 Å². The fraction of sp³-hybridized carbons (Fsp3) is 0.130. The van der Waals surface area contributed by atoms with Crippen molar-refractivity contribution in [1.82, 2.24) is 5.06 Å². The van der Waals surface area contributed by atoms with Crippen LogP contribution in [0.5, 0.6) is 11.5 Å². The highest BCUT2D eigenvalue weighted by atomic mass is 16.5. The third-order valence-electron chi connectivity index (χ3n) is 4.90. The molecule has 0 aliphatic carbocycles. The Kier molecular flexibility index (Phi) is 5.24. The number of nitriles is 1. The number of benzene rings is 3. The van der Waals surface area contributed by atoms with Crippen LogP contribution in [0.4, 0.5) is 5.69 Å². The van der Waals surface area contributed by atoms with E-state index in [0.717, 1.165) is 5.56 Å². The third kappa shape index (κ3) is 3.64. The minimum Gasteiger partial charge on any atom is -0.496 e. The molecule has 1 heterocycles. The van der Waals surface area contributed by atoms with E-state index in [0.29, 0.717) is 38.9 Å². The number of rotatable bonds is 5. The van der Waals surface area contributed by atoms with Crippen LogP contribution < -0.4 is 14.8 Å². The number of para-hydroxylation sites is 1. The van der Waals surface area contributed by atoms with Crippen LogP contribution >= 0.6 is 0 Å². The van der Waals surface area contributed by atoms with Crippen molar-refractivity contribution < 1.29 is 19.5 Å². The molecule has 1 atom stereocenters. The van der Waals surface area contributed by atoms with Gasteiger partial charge in [-0.15, -0.1) is 0 Å². The number of carbonyl (C=O) groups is 1. The van der Waals surface area contributed by atoms with Crippen LogP contribution in [-0.2, 0) is 6.61 Å². The zero-order chi connectivity index (χ0) is 21.1. The minimum atomic E-state index is -0.744. The lowest BCUT2D eigenvalue weighted by molar-refractivity contribution is -0.0851. The van der Waals surface area contributed by atoms with Gasteiger partial charge in [0.1, 0.15) is 18.1 Å². The quantitative estimate of drug-likeness (QED) is 0.625. The predicted octanol–water partition coefficient (Wildman–Crippen LogP) is 4.10. The number of anilines is 1. The third-order valence-corrected chi connectivity index (χ3v) is 4.90. The summed E-state index contributed by atoms with van der Waals surface area (Å²) in [5, 5.41) is 23.2. The molecule has 0 bridgehead atoms. The molecule has 3 aromatic carbocycles. The zero-order valence-corrected chi connectivity index (χ0v) is 16.2. The molecule has 0 unspecified atom stereocenters. The van der Waals surface area contributed by atoms with E-state index in [1.54, 1.807) is 61.7 Å². The first-order valence-corrected chi connectivity index (χ1v) is 9.28. The van der Waals surface area contributed by atoms with Crippen molar-refractivity contribution in [3.05, 3.63) is 89.0 Å². The van der Waals surface area contributed by atoms with Crippen LogP contribution in [0.15, 0.2) is 66.7 Å². The lowest BCUT2D eigenvalue weighted by Crippen LogP contribution is -2.40. The Morgan fingerprint density at radius 1 is 1.13 bits per heavy atom. The molecule has 150 valence electrons. The molecule has 30 heavy (non-hydrogen) atoms. The van der Waals surface area contributed by atoms with Crippen LogP contribution in [0.25, 0.3) is 0 Å². The van der Waals surface area contributed by atoms with Gasteiger partial charge in [0.05, 0.1) is 24.3 Å². The number of ether oxygens (including phenoxy) is 2. The average Bonchev–Trinajstić information content (AvgIpc) is 2.80. The monoisotopic (exact) mass is 401 g/mol. The number of amides is 1. The Hall–Kier alpha value is -4.02. The first-order valence-electron chi connectivity index (χ1n) is 9.28. The van der Waals surface area contributed by atoms with Crippen LogP contribution in [0.1, 0.15) is 33.2 Å². The molecular weight excluding hydrogens is 382 g/mol. The van der Waals surface area contributed by atoms with Crippen molar-refractivity contribution in [1.29, 1.82) is 5.26 Å². The number of hydrogen-bond acceptors (Lipinski definition) is 6. The Morgan fingerprint density at radius 2 is 1.90 bits per heavy atom. The highest BCUT2D eigenvalue weighted by Crippen LogP contribution is 2.33. The molecule has 3 aromatic rings. The van der Waals surface area contributed by atoms with Crippen molar-refractivity contribution in [2.24, 2.45) is 0 Å². The van der Waals surface area contributed by atoms with Gasteiger partial charge < -0.3 is 14.8 Å². The summed E-state index contributed by atoms with van der Waals surface area (Å²) >= 11 is 0. The smallest absolute Gasteiger partial charge is 0.281 e. The normalized spacial score (nSPS) is 15.0. The first kappa shape index (κ1) is 19.3. The van der Waals surface area contributed by atoms with Crippen molar-refractivity contribution in [3.8, 4) is 17.6 Å². The Morgan fingerprint density at radius 3 is 2.63 bits per heavy atom. The van der Waals surface area contributed by atoms with Gasteiger partial charge in [-0.05, 0) is 54.1 Å². The van der Waals surface area contributed by atoms with E-state index in [1.807, 2.05) is 12.1 Å². The number of methoxy groups -OCH3 is 1. The standard InChI is InChI=1S/C23H19N3O4/c1-29-21-11-8-16(12-17(21)14-30-18-9-6-15(13-24)7-10-18)22-25-20-5-3-2-4-19(20)23(27)26(22)28/h2-12,22,25,28H,14H2,1H3/t22-/m0/s1. The zero-order valence-electron chi connectivity index (χ0n) is 16.2. The molecule has 2 N–H and O–H groups in total. The van der Waals surface area contributed by atoms with Gasteiger partial charge in [-0.25, -0.2) is 0 Å². The van der Waals surface area contributed by atoms with E-state index >= 15 is 0 Å². The largest absolute Gasteiger partial charge is 0.496 e. The van der Waals surface area contributed by atoms with Crippen molar-refractivity contribution in [2.75, 3.05) is 12.4 Å². The molecule has 0 saturated carbocycles. The summed E-state index contributed by atoms with van der Waals surface area (Å²) < 4.78 is 11.3. The Balaban J connectivity index is 1.59. The summed E-state index contributed by atoms with van der Waals surface area (Å²) in [6.07, 6.45) is -0.744. The van der Waals surface area contributed by atoms with E-state index in [4.69, 9.17) is 14.7 Å². The van der Waals surface area contributed by atoms with E-state index in [9.17, 15) is 10.0 Å². The molecule has 0 spiro atoms. The fourth-order valence-electron chi connectivity index (χ4n) is 3.34. The Labute approximate surface area is 173 Å². The van der Waals surface area contributed by atoms with E-state index in [-0.39, 0.29) is 6.61 Å². The average molecular weight is 401 g/mol. The molecule has 0 saturated heterocycles. The van der Waals surface area contributed by atoms with Gasteiger partial charge >= 0.3 is 0 Å². The summed E-state index contributed by atoms with van der Waals surface area (Å²) in [6, 6.07) is 21.3. The van der Waals surface area contributed by atoms with Crippen molar-refractivity contribution >= 4 is 11.6 Å². The minimum absolute atomic E-state index is 0.214. The number of hydrogen-bond donors (Lipinski definition) is 2. The molecular formula is C23H19N3O4. The summed E-state index contributed by atoms with van der Waals surface area (Å²) in [5.74, 6) is 0.769. The number of nitrogens with zero attached hydrogens (tertiary/aromatic N) is 2. The topological polar surface area (TPSA) is 94.8 Å². The van der Waals surface area contributed by atoms with Gasteiger partial charge in [-0.1, -0.05) is 18.2 Å². The molecule has 1 amide bonds. The maximum atomic E-state index is 12.5. The van der Waals surface area contributed by atoms with E-state index in [2.05, 4.69) is 11.4 Å². The molecule has 0 fully saturated rings. The lowest BCUT2D eigenvalue weighted by atomic mass is 10.0. The number of nitrogens with one attached hydrogen (secondary N) is 1. The lowest BCUT2D eigenvalue weighted by Gasteiger charge is -2.33. The number of carbonyl (C=O) groups excluding carboxylic acids is 1. The molecule has 1 aliphatic rings. The summed E-state index contributed by atoms with van der Waals surface area (Å²) in [6.45, 7) is 0.214. The predicted molar refractivity (Wildman–Crippen MR) is 109 cm³/mol. The first-order chi connectivity index (χ1) is 14.6. The highest BCUT2D eigenvalue weighted by Gasteiger charge is 2.32. The van der Waals surface area contributed by atoms with Gasteiger partial charge in [0.25, 0.3) is 5.91 Å². The molecule has 7 heteroatoms. The van der Waals surface area contributed by atoms with Crippen LogP contribution in [-0.4, -0.2) is 23.3 Å². The van der Waals surface area contributed by atoms with E-state index in [1.165, 1.54) is 0 Å². The van der Waals surface area contributed by atoms with E-state index < -0.39 is 12.1 Å². The second-order valence-corrected chi connectivity index (χ2v) is 6.74. The van der Waals surface area contributed by atoms with Gasteiger partial charge in [0.2, 0.25) is 0 Å². The highest BCUT2D eigenvalue weighted by molar-refractivity contribution is 6.01. The maximum Gasteiger partial charge on any atom is 0.281 e. The SMILES string of the molecule is COc1ccc([C@H]2Nc3ccccc3C(=O)N2O)cc1COc1ccc(C#N)cc1. The molecule has 4 rings (SSSR count). The van der Waals surface area contributed by atoms with Crippen LogP contribution in [0.2, 0.25) is 0 Å². The van der Waals surface area contributed by atoms with Gasteiger partial charge in [-0.3, -0.25) is 10.0 Å². The molecule has 0 aromatic heterocycles. The molecule has 1 aliphatic heterocycles. The van der Waals surface area contributed by atoms with Gasteiger partial charge in [0, 0.05) is 11.3 Å². The van der Waals surface area contributed by atoms with Crippen molar-refractivity contribution in [2.45, 2.75) is 12.8 Å². The van der Waals surface area contributed by atoms with Crippen LogP contribution in [0.3, 0.4) is 0 Å². The van der Waals surface area contributed by atoms with Crippen molar-refractivity contribution in [3.63, 3.8) is 0 Å².